The van der Waals surface area contributed by atoms with E-state index in [1.54, 1.807) is 6.21 Å². The maximum absolute atomic E-state index is 11.9. The summed E-state index contributed by atoms with van der Waals surface area (Å²) in [6.07, 6.45) is 1.62. The highest BCUT2D eigenvalue weighted by atomic mass is 79.9. The molecule has 0 saturated carbocycles. The number of benzene rings is 3. The molecule has 0 spiro atoms. The van der Waals surface area contributed by atoms with Crippen LogP contribution in [-0.2, 0) is 4.79 Å². The molecular formula is C22H21BrN2O2. The monoisotopic (exact) mass is 424 g/mol. The number of halogens is 1. The molecule has 4 nitrogen and oxygen atoms in total. The third-order valence-electron chi connectivity index (χ3n) is 4.16. The summed E-state index contributed by atoms with van der Waals surface area (Å²) in [5, 5.41) is 6.30. The van der Waals surface area contributed by atoms with Crippen molar-refractivity contribution < 1.29 is 9.53 Å². The third-order valence-corrected chi connectivity index (χ3v) is 4.78. The summed E-state index contributed by atoms with van der Waals surface area (Å²) in [6.45, 7) is 4.15. The van der Waals surface area contributed by atoms with Crippen molar-refractivity contribution in [3.63, 3.8) is 0 Å². The predicted octanol–water partition coefficient (Wildman–Crippen LogP) is 5.25. The maximum atomic E-state index is 11.9. The van der Waals surface area contributed by atoms with Gasteiger partial charge in [0.05, 0.1) is 10.7 Å². The number of fused-ring (bicyclic) bond motifs is 1. The maximum Gasteiger partial charge on any atom is 0.277 e. The Balaban J connectivity index is 1.54. The topological polar surface area (TPSA) is 50.7 Å². The summed E-state index contributed by atoms with van der Waals surface area (Å²) >= 11 is 3.48. The first-order chi connectivity index (χ1) is 13.0. The normalized spacial score (nSPS) is 11.3. The predicted molar refractivity (Wildman–Crippen MR) is 113 cm³/mol. The molecule has 0 heterocycles. The minimum absolute atomic E-state index is 0.102. The van der Waals surface area contributed by atoms with Crippen LogP contribution in [0.4, 0.5) is 0 Å². The second kappa shape index (κ2) is 8.82. The molecule has 0 aromatic heterocycles. The van der Waals surface area contributed by atoms with Crippen molar-refractivity contribution in [3.05, 3.63) is 76.3 Å². The third kappa shape index (κ3) is 5.17. The van der Waals surface area contributed by atoms with Gasteiger partial charge in [0, 0.05) is 0 Å². The van der Waals surface area contributed by atoms with E-state index in [0.717, 1.165) is 15.4 Å². The largest absolute Gasteiger partial charge is 0.483 e. The lowest BCUT2D eigenvalue weighted by Gasteiger charge is -2.10. The summed E-state index contributed by atoms with van der Waals surface area (Å²) < 4.78 is 6.40. The van der Waals surface area contributed by atoms with Crippen molar-refractivity contribution in [1.29, 1.82) is 0 Å². The van der Waals surface area contributed by atoms with Crippen LogP contribution in [0.25, 0.3) is 10.8 Å². The number of amides is 1. The number of carbonyl (C=O) groups is 1. The first-order valence-electron chi connectivity index (χ1n) is 8.76. The van der Waals surface area contributed by atoms with Crippen LogP contribution in [0.15, 0.2) is 70.2 Å². The van der Waals surface area contributed by atoms with E-state index in [0.29, 0.717) is 11.7 Å². The van der Waals surface area contributed by atoms with Crippen LogP contribution in [0.1, 0.15) is 30.9 Å². The van der Waals surface area contributed by atoms with Crippen molar-refractivity contribution in [3.8, 4) is 5.75 Å². The van der Waals surface area contributed by atoms with Crippen LogP contribution in [-0.4, -0.2) is 18.7 Å². The number of rotatable bonds is 6. The number of hydrogen-bond acceptors (Lipinski definition) is 3. The van der Waals surface area contributed by atoms with E-state index < -0.39 is 0 Å². The lowest BCUT2D eigenvalue weighted by atomic mass is 10.0. The zero-order valence-corrected chi connectivity index (χ0v) is 16.9. The molecule has 0 unspecified atom stereocenters. The highest BCUT2D eigenvalue weighted by molar-refractivity contribution is 9.10. The summed E-state index contributed by atoms with van der Waals surface area (Å²) in [7, 11) is 0. The Bertz CT molecular complexity index is 983. The van der Waals surface area contributed by atoms with Gasteiger partial charge in [-0.15, -0.1) is 0 Å². The van der Waals surface area contributed by atoms with E-state index in [2.05, 4.69) is 46.4 Å². The van der Waals surface area contributed by atoms with Crippen molar-refractivity contribution in [2.24, 2.45) is 5.10 Å². The molecule has 138 valence electrons. The molecule has 0 saturated heterocycles. The van der Waals surface area contributed by atoms with Crippen LogP contribution in [0.3, 0.4) is 0 Å². The summed E-state index contributed by atoms with van der Waals surface area (Å²) in [6, 6.07) is 20.0. The number of hydrazone groups is 1. The molecule has 0 fully saturated rings. The van der Waals surface area contributed by atoms with E-state index in [9.17, 15) is 4.79 Å². The number of nitrogens with zero attached hydrogens (tertiary/aromatic N) is 1. The Morgan fingerprint density at radius 3 is 2.63 bits per heavy atom. The molecule has 3 aromatic rings. The minimum Gasteiger partial charge on any atom is -0.483 e. The van der Waals surface area contributed by atoms with Crippen LogP contribution in [0.2, 0.25) is 0 Å². The van der Waals surface area contributed by atoms with Gasteiger partial charge in [-0.1, -0.05) is 56.3 Å². The first kappa shape index (κ1) is 19.1. The van der Waals surface area contributed by atoms with Crippen molar-refractivity contribution in [1.82, 2.24) is 5.43 Å². The Labute approximate surface area is 167 Å². The Morgan fingerprint density at radius 1 is 1.11 bits per heavy atom. The van der Waals surface area contributed by atoms with Crippen LogP contribution < -0.4 is 10.2 Å². The van der Waals surface area contributed by atoms with Gasteiger partial charge >= 0.3 is 0 Å². The first-order valence-corrected chi connectivity index (χ1v) is 9.55. The van der Waals surface area contributed by atoms with E-state index in [1.165, 1.54) is 10.9 Å². The molecule has 3 aromatic carbocycles. The summed E-state index contributed by atoms with van der Waals surface area (Å²) in [5.74, 6) is 0.753. The second-order valence-electron chi connectivity index (χ2n) is 6.53. The van der Waals surface area contributed by atoms with Gasteiger partial charge in [0.15, 0.2) is 6.61 Å². The Hall–Kier alpha value is -2.66. The van der Waals surface area contributed by atoms with Crippen LogP contribution >= 0.6 is 15.9 Å². The number of nitrogens with one attached hydrogen (secondary N) is 1. The fourth-order valence-corrected chi connectivity index (χ4v) is 3.15. The molecule has 0 atom stereocenters. The molecule has 0 aliphatic carbocycles. The van der Waals surface area contributed by atoms with E-state index in [-0.39, 0.29) is 12.5 Å². The van der Waals surface area contributed by atoms with Gasteiger partial charge in [-0.25, -0.2) is 5.43 Å². The van der Waals surface area contributed by atoms with Gasteiger partial charge in [-0.3, -0.25) is 4.79 Å². The Kier molecular flexibility index (Phi) is 6.24. The van der Waals surface area contributed by atoms with Gasteiger partial charge in [-0.05, 0) is 61.9 Å². The van der Waals surface area contributed by atoms with Crippen molar-refractivity contribution in [2.45, 2.75) is 19.8 Å². The van der Waals surface area contributed by atoms with E-state index >= 15 is 0 Å². The highest BCUT2D eigenvalue weighted by Crippen LogP contribution is 2.28. The summed E-state index contributed by atoms with van der Waals surface area (Å²) in [5.41, 5.74) is 4.61. The van der Waals surface area contributed by atoms with Crippen LogP contribution in [0.5, 0.6) is 5.75 Å². The second-order valence-corrected chi connectivity index (χ2v) is 7.39. The zero-order valence-electron chi connectivity index (χ0n) is 15.3. The number of hydrogen-bond donors (Lipinski definition) is 1. The molecule has 1 amide bonds. The summed E-state index contributed by atoms with van der Waals surface area (Å²) in [4.78, 5) is 11.9. The fraction of sp³-hybridized carbons (Fsp3) is 0.182. The molecule has 0 bridgehead atoms. The van der Waals surface area contributed by atoms with Gasteiger partial charge in [-0.2, -0.15) is 5.10 Å². The van der Waals surface area contributed by atoms with Gasteiger partial charge in [0.25, 0.3) is 5.91 Å². The average Bonchev–Trinajstić information content (AvgIpc) is 2.66. The smallest absolute Gasteiger partial charge is 0.277 e. The highest BCUT2D eigenvalue weighted by Gasteiger charge is 2.07. The van der Waals surface area contributed by atoms with E-state index in [4.69, 9.17) is 4.74 Å². The SMILES string of the molecule is CC(C)c1ccc(OCC(=O)N/N=C/c2ccc3ccccc3c2)c(Br)c1. The average molecular weight is 425 g/mol. The molecule has 27 heavy (non-hydrogen) atoms. The number of carbonyl (C=O) groups excluding carboxylic acids is 1. The zero-order chi connectivity index (χ0) is 19.2. The molecule has 0 radical (unpaired) electrons. The van der Waals surface area contributed by atoms with Crippen molar-refractivity contribution >= 4 is 38.8 Å². The van der Waals surface area contributed by atoms with Gasteiger partial charge < -0.3 is 4.74 Å². The quantitative estimate of drug-likeness (QED) is 0.433. The lowest BCUT2D eigenvalue weighted by Crippen LogP contribution is -2.24. The van der Waals surface area contributed by atoms with Crippen molar-refractivity contribution in [2.75, 3.05) is 6.61 Å². The van der Waals surface area contributed by atoms with Gasteiger partial charge in [0.2, 0.25) is 0 Å². The minimum atomic E-state index is -0.313. The van der Waals surface area contributed by atoms with Gasteiger partial charge in [0.1, 0.15) is 5.75 Å². The molecule has 5 heteroatoms. The molecule has 0 aliphatic rings. The molecule has 3 rings (SSSR count). The molecule has 1 N–H and O–H groups in total. The number of ether oxygens (including phenoxy) is 1. The lowest BCUT2D eigenvalue weighted by molar-refractivity contribution is -0.123. The Morgan fingerprint density at radius 2 is 1.89 bits per heavy atom. The fourth-order valence-electron chi connectivity index (χ4n) is 2.64. The molecule has 0 aliphatic heterocycles. The van der Waals surface area contributed by atoms with E-state index in [1.807, 2.05) is 54.6 Å². The molecular weight excluding hydrogens is 404 g/mol. The van der Waals surface area contributed by atoms with Crippen LogP contribution in [0, 0.1) is 0 Å². The standard InChI is InChI=1S/C22H21BrN2O2/c1-15(2)18-9-10-21(20(23)12-18)27-14-22(26)25-24-13-16-7-8-17-5-3-4-6-19(17)11-16/h3-13,15H,14H2,1-2H3,(H,25,26)/b24-13+.